The number of likely N-dealkylation sites (tertiary alicyclic amines) is 1. The number of morpholine rings is 1. The molecule has 156 valence electrons. The van der Waals surface area contributed by atoms with Gasteiger partial charge in [-0.1, -0.05) is 0 Å². The lowest BCUT2D eigenvalue weighted by Crippen LogP contribution is -2.55. The number of benzene rings is 1. The fourth-order valence-corrected chi connectivity index (χ4v) is 3.97. The van der Waals surface area contributed by atoms with Crippen molar-refractivity contribution in [2.75, 3.05) is 39.4 Å². The second-order valence-electron chi connectivity index (χ2n) is 7.60. The van der Waals surface area contributed by atoms with Crippen LogP contribution >= 0.6 is 0 Å². The minimum atomic E-state index is -0.293. The topological polar surface area (TPSA) is 70.7 Å². The van der Waals surface area contributed by atoms with Gasteiger partial charge in [0.25, 0.3) is 0 Å². The van der Waals surface area contributed by atoms with Crippen LogP contribution in [0, 0.1) is 5.82 Å². The molecule has 7 nitrogen and oxygen atoms in total. The van der Waals surface area contributed by atoms with Crippen LogP contribution in [0.2, 0.25) is 0 Å². The van der Waals surface area contributed by atoms with Crippen LogP contribution in [0.4, 0.5) is 4.39 Å². The Kier molecular flexibility index (Phi) is 6.41. The SMILES string of the molecule is O=C1CO[C@@H](COc2ccc(F)cc2)CN1C1CCN(CCc2ncc[nH]2)CC1. The van der Waals surface area contributed by atoms with Gasteiger partial charge >= 0.3 is 0 Å². The molecule has 1 aromatic carbocycles. The Bertz CT molecular complexity index is 776. The molecule has 1 atom stereocenters. The van der Waals surface area contributed by atoms with E-state index in [2.05, 4.69) is 14.9 Å². The van der Waals surface area contributed by atoms with Gasteiger partial charge in [0.2, 0.25) is 5.91 Å². The molecule has 0 aliphatic carbocycles. The number of nitrogens with one attached hydrogen (secondary N) is 1. The van der Waals surface area contributed by atoms with Crippen molar-refractivity contribution in [1.82, 2.24) is 19.8 Å². The molecule has 8 heteroatoms. The number of hydrogen-bond donors (Lipinski definition) is 1. The van der Waals surface area contributed by atoms with Crippen LogP contribution < -0.4 is 4.74 Å². The van der Waals surface area contributed by atoms with Crippen molar-refractivity contribution in [2.45, 2.75) is 31.4 Å². The Morgan fingerprint density at radius 3 is 2.76 bits per heavy atom. The zero-order valence-corrected chi connectivity index (χ0v) is 16.4. The molecule has 0 radical (unpaired) electrons. The van der Waals surface area contributed by atoms with E-state index in [4.69, 9.17) is 9.47 Å². The Labute approximate surface area is 169 Å². The maximum absolute atomic E-state index is 13.0. The first-order chi connectivity index (χ1) is 14.2. The number of halogens is 1. The lowest BCUT2D eigenvalue weighted by molar-refractivity contribution is -0.155. The van der Waals surface area contributed by atoms with E-state index < -0.39 is 0 Å². The maximum atomic E-state index is 13.0. The predicted octanol–water partition coefficient (Wildman–Crippen LogP) is 1.86. The molecule has 4 rings (SSSR count). The molecular formula is C21H27FN4O3. The number of aromatic nitrogens is 2. The number of H-pyrrole nitrogens is 1. The molecule has 3 heterocycles. The lowest BCUT2D eigenvalue weighted by atomic mass is 10.0. The van der Waals surface area contributed by atoms with E-state index in [-0.39, 0.29) is 30.5 Å². The third-order valence-corrected chi connectivity index (χ3v) is 5.63. The fraction of sp³-hybridized carbons (Fsp3) is 0.524. The van der Waals surface area contributed by atoms with Crippen LogP contribution in [-0.2, 0) is 16.0 Å². The normalized spacial score (nSPS) is 21.5. The quantitative estimate of drug-likeness (QED) is 0.766. The Hall–Kier alpha value is -2.45. The molecule has 29 heavy (non-hydrogen) atoms. The molecule has 0 saturated carbocycles. The van der Waals surface area contributed by atoms with Crippen molar-refractivity contribution in [3.05, 3.63) is 48.3 Å². The van der Waals surface area contributed by atoms with Crippen LogP contribution in [0.5, 0.6) is 5.75 Å². The summed E-state index contributed by atoms with van der Waals surface area (Å²) in [5, 5.41) is 0. The second kappa shape index (κ2) is 9.37. The number of carbonyl (C=O) groups is 1. The number of ether oxygens (including phenoxy) is 2. The van der Waals surface area contributed by atoms with Crippen molar-refractivity contribution in [1.29, 1.82) is 0 Å². The highest BCUT2D eigenvalue weighted by Gasteiger charge is 2.33. The summed E-state index contributed by atoms with van der Waals surface area (Å²) >= 11 is 0. The second-order valence-corrected chi connectivity index (χ2v) is 7.60. The summed E-state index contributed by atoms with van der Waals surface area (Å²) in [7, 11) is 0. The van der Waals surface area contributed by atoms with Crippen LogP contribution in [0.3, 0.4) is 0 Å². The highest BCUT2D eigenvalue weighted by molar-refractivity contribution is 5.78. The van der Waals surface area contributed by atoms with E-state index in [0.717, 1.165) is 44.7 Å². The van der Waals surface area contributed by atoms with Crippen LogP contribution in [0.15, 0.2) is 36.7 Å². The molecule has 0 bridgehead atoms. The van der Waals surface area contributed by atoms with Gasteiger partial charge in [-0.15, -0.1) is 0 Å². The largest absolute Gasteiger partial charge is 0.491 e. The third-order valence-electron chi connectivity index (χ3n) is 5.63. The number of hydrogen-bond acceptors (Lipinski definition) is 5. The minimum Gasteiger partial charge on any atom is -0.491 e. The minimum absolute atomic E-state index is 0.0528. The van der Waals surface area contributed by atoms with Gasteiger partial charge in [0.15, 0.2) is 0 Å². The van der Waals surface area contributed by atoms with Gasteiger partial charge in [-0.3, -0.25) is 4.79 Å². The molecule has 0 unspecified atom stereocenters. The van der Waals surface area contributed by atoms with Crippen molar-refractivity contribution < 1.29 is 18.7 Å². The van der Waals surface area contributed by atoms with E-state index in [1.54, 1.807) is 18.3 Å². The van der Waals surface area contributed by atoms with Gasteiger partial charge in [-0.25, -0.2) is 9.37 Å². The van der Waals surface area contributed by atoms with Crippen molar-refractivity contribution >= 4 is 5.91 Å². The van der Waals surface area contributed by atoms with Gasteiger partial charge in [-0.2, -0.15) is 0 Å². The molecule has 1 aromatic heterocycles. The molecule has 2 aromatic rings. The van der Waals surface area contributed by atoms with E-state index in [0.29, 0.717) is 18.9 Å². The fourth-order valence-electron chi connectivity index (χ4n) is 3.97. The molecular weight excluding hydrogens is 375 g/mol. The van der Waals surface area contributed by atoms with Gasteiger partial charge < -0.3 is 24.3 Å². The Morgan fingerprint density at radius 1 is 1.24 bits per heavy atom. The standard InChI is InChI=1S/C21H27FN4O3/c22-16-1-3-18(4-2-16)28-14-19-13-26(21(27)15-29-19)17-5-10-25(11-6-17)12-7-20-23-8-9-24-20/h1-4,8-9,17,19H,5-7,10-15H2,(H,23,24)/t19-/m1/s1. The van der Waals surface area contributed by atoms with Crippen LogP contribution in [-0.4, -0.2) is 77.2 Å². The molecule has 2 saturated heterocycles. The van der Waals surface area contributed by atoms with Crippen molar-refractivity contribution in [3.8, 4) is 5.75 Å². The Morgan fingerprint density at radius 2 is 2.03 bits per heavy atom. The van der Waals surface area contributed by atoms with Crippen molar-refractivity contribution in [2.24, 2.45) is 0 Å². The van der Waals surface area contributed by atoms with E-state index in [1.807, 2.05) is 11.1 Å². The van der Waals surface area contributed by atoms with Crippen molar-refractivity contribution in [3.63, 3.8) is 0 Å². The summed E-state index contributed by atoms with van der Waals surface area (Å²) in [5.41, 5.74) is 0. The molecule has 2 aliphatic heterocycles. The van der Waals surface area contributed by atoms with E-state index >= 15 is 0 Å². The molecule has 1 N–H and O–H groups in total. The number of carbonyl (C=O) groups excluding carboxylic acids is 1. The summed E-state index contributed by atoms with van der Waals surface area (Å²) in [6, 6.07) is 6.18. The first-order valence-electron chi connectivity index (χ1n) is 10.2. The van der Waals surface area contributed by atoms with Gasteiger partial charge in [0.1, 0.15) is 36.7 Å². The summed E-state index contributed by atoms with van der Waals surface area (Å²) in [6.45, 7) is 3.91. The average Bonchev–Trinajstić information content (AvgIpc) is 3.27. The monoisotopic (exact) mass is 402 g/mol. The molecule has 2 fully saturated rings. The lowest BCUT2D eigenvalue weighted by Gasteiger charge is -2.42. The van der Waals surface area contributed by atoms with Crippen LogP contribution in [0.25, 0.3) is 0 Å². The number of rotatable bonds is 7. The Balaban J connectivity index is 1.23. The summed E-state index contributed by atoms with van der Waals surface area (Å²) < 4.78 is 24.4. The maximum Gasteiger partial charge on any atom is 0.248 e. The number of piperidine rings is 1. The van der Waals surface area contributed by atoms with E-state index in [9.17, 15) is 9.18 Å². The van der Waals surface area contributed by atoms with E-state index in [1.165, 1.54) is 12.1 Å². The van der Waals surface area contributed by atoms with Gasteiger partial charge in [0, 0.05) is 44.5 Å². The predicted molar refractivity (Wildman–Crippen MR) is 105 cm³/mol. The average molecular weight is 402 g/mol. The number of aromatic amines is 1. The summed E-state index contributed by atoms with van der Waals surface area (Å²) in [4.78, 5) is 24.2. The first kappa shape index (κ1) is 19.8. The molecule has 1 amide bonds. The first-order valence-corrected chi connectivity index (χ1v) is 10.2. The zero-order valence-electron chi connectivity index (χ0n) is 16.4. The smallest absolute Gasteiger partial charge is 0.248 e. The summed E-state index contributed by atoms with van der Waals surface area (Å²) in [6.07, 6.45) is 6.31. The molecule has 2 aliphatic rings. The molecule has 0 spiro atoms. The zero-order chi connectivity index (χ0) is 20.1. The van der Waals surface area contributed by atoms with Gasteiger partial charge in [0.05, 0.1) is 6.54 Å². The number of nitrogens with zero attached hydrogens (tertiary/aromatic N) is 3. The number of imidazole rings is 1. The third kappa shape index (κ3) is 5.33. The van der Waals surface area contributed by atoms with Gasteiger partial charge in [-0.05, 0) is 37.1 Å². The highest BCUT2D eigenvalue weighted by Crippen LogP contribution is 2.21. The highest BCUT2D eigenvalue weighted by atomic mass is 19.1. The van der Waals surface area contributed by atoms with Crippen LogP contribution in [0.1, 0.15) is 18.7 Å². The summed E-state index contributed by atoms with van der Waals surface area (Å²) in [5.74, 6) is 1.37. The number of amides is 1.